The van der Waals surface area contributed by atoms with Gasteiger partial charge < -0.3 is 14.9 Å². The van der Waals surface area contributed by atoms with Crippen LogP contribution in [0.1, 0.15) is 39.9 Å². The van der Waals surface area contributed by atoms with Crippen molar-refractivity contribution in [1.29, 1.82) is 0 Å². The zero-order valence-electron chi connectivity index (χ0n) is 19.4. The van der Waals surface area contributed by atoms with Crippen LogP contribution in [0.4, 0.5) is 0 Å². The van der Waals surface area contributed by atoms with Crippen LogP contribution >= 0.6 is 0 Å². The summed E-state index contributed by atoms with van der Waals surface area (Å²) in [6, 6.07) is 27.6. The quantitative estimate of drug-likeness (QED) is 0.607. The maximum atomic E-state index is 10.1. The molecule has 0 amide bonds. The highest BCUT2D eigenvalue weighted by molar-refractivity contribution is 5.84. The van der Waals surface area contributed by atoms with Crippen molar-refractivity contribution in [2.45, 2.75) is 38.4 Å². The van der Waals surface area contributed by atoms with Crippen molar-refractivity contribution in [3.05, 3.63) is 107 Å². The predicted octanol–water partition coefficient (Wildman–Crippen LogP) is 4.92. The van der Waals surface area contributed by atoms with Gasteiger partial charge in [-0.3, -0.25) is 0 Å². The molecule has 1 aliphatic rings. The Bertz CT molecular complexity index is 1020. The number of aliphatic imine (C=N–C) groups is 1. The molecule has 1 saturated heterocycles. The van der Waals surface area contributed by atoms with Crippen molar-refractivity contribution in [1.82, 2.24) is 9.80 Å². The van der Waals surface area contributed by atoms with Crippen LogP contribution in [0.2, 0.25) is 0 Å². The molecule has 0 bridgehead atoms. The zero-order valence-corrected chi connectivity index (χ0v) is 19.4. The lowest BCUT2D eigenvalue weighted by Crippen LogP contribution is -2.32. The SMILES string of the molecule is Cc1ccccc1[C@H]1[C@H](c2ccccc2C)N(C)C(=N[C@@H](CO)Cc2ccccc2)N1C. The molecule has 32 heavy (non-hydrogen) atoms. The van der Waals surface area contributed by atoms with Crippen molar-refractivity contribution >= 4 is 5.96 Å². The number of guanidine groups is 1. The molecule has 3 atom stereocenters. The maximum absolute atomic E-state index is 10.1. The van der Waals surface area contributed by atoms with Gasteiger partial charge in [-0.05, 0) is 48.1 Å². The molecule has 4 rings (SSSR count). The molecule has 4 nitrogen and oxygen atoms in total. The first-order valence-corrected chi connectivity index (χ1v) is 11.3. The lowest BCUT2D eigenvalue weighted by molar-refractivity contribution is 0.264. The average Bonchev–Trinajstić information content (AvgIpc) is 3.04. The lowest BCUT2D eigenvalue weighted by atomic mass is 9.89. The Morgan fingerprint density at radius 1 is 0.750 bits per heavy atom. The number of rotatable bonds is 6. The van der Waals surface area contributed by atoms with Gasteiger partial charge in [0.1, 0.15) is 0 Å². The van der Waals surface area contributed by atoms with Crippen LogP contribution in [-0.2, 0) is 6.42 Å². The van der Waals surface area contributed by atoms with Gasteiger partial charge in [-0.1, -0.05) is 78.9 Å². The molecule has 0 unspecified atom stereocenters. The fourth-order valence-electron chi connectivity index (χ4n) is 4.90. The first-order valence-electron chi connectivity index (χ1n) is 11.3. The van der Waals surface area contributed by atoms with E-state index in [-0.39, 0.29) is 24.7 Å². The van der Waals surface area contributed by atoms with Gasteiger partial charge in [0.25, 0.3) is 0 Å². The van der Waals surface area contributed by atoms with E-state index in [2.05, 4.69) is 98.4 Å². The van der Waals surface area contributed by atoms with Crippen molar-refractivity contribution in [2.24, 2.45) is 4.99 Å². The third kappa shape index (κ3) is 4.28. The summed E-state index contributed by atoms with van der Waals surface area (Å²) in [6.45, 7) is 4.38. The molecule has 4 heteroatoms. The normalized spacial score (nSPS) is 19.3. The van der Waals surface area contributed by atoms with E-state index in [1.54, 1.807) is 0 Å². The summed E-state index contributed by atoms with van der Waals surface area (Å²) >= 11 is 0. The molecule has 0 spiro atoms. The van der Waals surface area contributed by atoms with Crippen molar-refractivity contribution in [3.63, 3.8) is 0 Å². The van der Waals surface area contributed by atoms with Gasteiger partial charge in [-0.25, -0.2) is 4.99 Å². The first-order chi connectivity index (χ1) is 15.5. The number of hydrogen-bond donors (Lipinski definition) is 1. The standard InChI is InChI=1S/C28H33N3O/c1-20-12-8-10-16-24(20)26-27(25-17-11-9-13-21(25)2)31(4)28(30(26)3)29-23(19-32)18-22-14-6-5-7-15-22/h5-17,23,26-27,32H,18-19H2,1-4H3/t23-,26+,27+/m1/s1. The van der Waals surface area contributed by atoms with Crippen LogP contribution < -0.4 is 0 Å². The van der Waals surface area contributed by atoms with Crippen LogP contribution in [0.15, 0.2) is 83.9 Å². The van der Waals surface area contributed by atoms with Crippen LogP contribution in [-0.4, -0.2) is 47.6 Å². The van der Waals surface area contributed by atoms with Crippen molar-refractivity contribution in [3.8, 4) is 0 Å². The van der Waals surface area contributed by atoms with E-state index in [4.69, 9.17) is 4.99 Å². The number of benzene rings is 3. The van der Waals surface area contributed by atoms with Crippen molar-refractivity contribution in [2.75, 3.05) is 20.7 Å². The van der Waals surface area contributed by atoms with E-state index in [9.17, 15) is 5.11 Å². The van der Waals surface area contributed by atoms with Gasteiger partial charge in [0.2, 0.25) is 0 Å². The Hall–Kier alpha value is -3.11. The second-order valence-electron chi connectivity index (χ2n) is 8.78. The van der Waals surface area contributed by atoms with Crippen LogP contribution in [0.25, 0.3) is 0 Å². The average molecular weight is 428 g/mol. The van der Waals surface area contributed by atoms with E-state index in [0.29, 0.717) is 6.42 Å². The monoisotopic (exact) mass is 427 g/mol. The molecule has 166 valence electrons. The Morgan fingerprint density at radius 3 is 1.69 bits per heavy atom. The highest BCUT2D eigenvalue weighted by atomic mass is 16.3. The molecule has 0 aromatic heterocycles. The fourth-order valence-corrected chi connectivity index (χ4v) is 4.90. The predicted molar refractivity (Wildman–Crippen MR) is 132 cm³/mol. The van der Waals surface area contributed by atoms with Gasteiger partial charge in [0.15, 0.2) is 5.96 Å². The van der Waals surface area contributed by atoms with Gasteiger partial charge in [-0.2, -0.15) is 0 Å². The topological polar surface area (TPSA) is 39.1 Å². The van der Waals surface area contributed by atoms with Gasteiger partial charge >= 0.3 is 0 Å². The summed E-state index contributed by atoms with van der Waals surface area (Å²) in [5.41, 5.74) is 6.36. The van der Waals surface area contributed by atoms with Crippen LogP contribution in [0.3, 0.4) is 0 Å². The molecule has 3 aromatic rings. The van der Waals surface area contributed by atoms with Gasteiger partial charge in [0.05, 0.1) is 24.7 Å². The number of aliphatic hydroxyl groups excluding tert-OH is 1. The van der Waals surface area contributed by atoms with E-state index in [1.807, 2.05) is 18.2 Å². The largest absolute Gasteiger partial charge is 0.394 e. The van der Waals surface area contributed by atoms with Crippen molar-refractivity contribution < 1.29 is 5.11 Å². The second kappa shape index (κ2) is 9.58. The van der Waals surface area contributed by atoms with E-state index < -0.39 is 0 Å². The Balaban J connectivity index is 1.77. The molecule has 0 saturated carbocycles. The summed E-state index contributed by atoms with van der Waals surface area (Å²) in [7, 11) is 4.25. The van der Waals surface area contributed by atoms with Gasteiger partial charge in [-0.15, -0.1) is 0 Å². The first kappa shape index (κ1) is 22.1. The Labute approximate surface area is 191 Å². The van der Waals surface area contributed by atoms with Gasteiger partial charge in [0, 0.05) is 14.1 Å². The summed E-state index contributed by atoms with van der Waals surface area (Å²) in [6.07, 6.45) is 0.715. The molecule has 3 aromatic carbocycles. The third-order valence-electron chi connectivity index (χ3n) is 6.60. The molecule has 1 aliphatic heterocycles. The van der Waals surface area contributed by atoms with E-state index >= 15 is 0 Å². The third-order valence-corrected chi connectivity index (χ3v) is 6.60. The summed E-state index contributed by atoms with van der Waals surface area (Å²) in [4.78, 5) is 9.65. The number of nitrogens with zero attached hydrogens (tertiary/aromatic N) is 3. The van der Waals surface area contributed by atoms with E-state index in [1.165, 1.54) is 27.8 Å². The molecule has 0 aliphatic carbocycles. The van der Waals surface area contributed by atoms with E-state index in [0.717, 1.165) is 5.96 Å². The van der Waals surface area contributed by atoms with Crippen LogP contribution in [0, 0.1) is 13.8 Å². The number of likely N-dealkylation sites (N-methyl/N-ethyl adjacent to an activating group) is 2. The Kier molecular flexibility index (Phi) is 6.61. The molecule has 1 heterocycles. The highest BCUT2D eigenvalue weighted by Gasteiger charge is 2.43. The number of aliphatic hydroxyl groups is 1. The molecular formula is C28H33N3O. The minimum atomic E-state index is -0.189. The minimum absolute atomic E-state index is 0.0180. The Morgan fingerprint density at radius 2 is 1.22 bits per heavy atom. The maximum Gasteiger partial charge on any atom is 0.197 e. The minimum Gasteiger partial charge on any atom is -0.394 e. The molecular weight excluding hydrogens is 394 g/mol. The fraction of sp³-hybridized carbons (Fsp3) is 0.321. The lowest BCUT2D eigenvalue weighted by Gasteiger charge is -2.28. The van der Waals surface area contributed by atoms with Crippen LogP contribution in [0.5, 0.6) is 0 Å². The summed E-state index contributed by atoms with van der Waals surface area (Å²) in [5.74, 6) is 0.918. The zero-order chi connectivity index (χ0) is 22.7. The second-order valence-corrected chi connectivity index (χ2v) is 8.78. The number of aryl methyl sites for hydroxylation is 2. The summed E-state index contributed by atoms with van der Waals surface area (Å²) < 4.78 is 0. The number of hydrogen-bond acceptors (Lipinski definition) is 2. The molecule has 0 radical (unpaired) electrons. The smallest absolute Gasteiger partial charge is 0.197 e. The summed E-state index contributed by atoms with van der Waals surface area (Å²) in [5, 5.41) is 10.1. The molecule has 1 N–H and O–H groups in total. The molecule has 1 fully saturated rings. The highest BCUT2D eigenvalue weighted by Crippen LogP contribution is 2.45.